The minimum Gasteiger partial charge on any atom is -0.453 e. The molecule has 1 aromatic rings. The van der Waals surface area contributed by atoms with Gasteiger partial charge in [0.05, 0.1) is 13.2 Å². The van der Waals surface area contributed by atoms with Crippen molar-refractivity contribution in [3.8, 4) is 0 Å². The van der Waals surface area contributed by atoms with Gasteiger partial charge in [-0.3, -0.25) is 15.4 Å². The summed E-state index contributed by atoms with van der Waals surface area (Å²) in [5.41, 5.74) is 0.891. The number of carbonyl (C=O) groups is 2. The molecular formula is C13H17ClN2O3. The van der Waals surface area contributed by atoms with Crippen LogP contribution in [0, 0.1) is 0 Å². The molecule has 2 N–H and O–H groups in total. The molecule has 0 bridgehead atoms. The first-order valence-corrected chi connectivity index (χ1v) is 6.22. The molecule has 2 atom stereocenters. The fourth-order valence-electron chi connectivity index (χ4n) is 1.63. The zero-order chi connectivity index (χ0) is 14.4. The maximum Gasteiger partial charge on any atom is 0.413 e. The third-order valence-corrected chi connectivity index (χ3v) is 3.02. The number of methoxy groups -OCH3 is 1. The topological polar surface area (TPSA) is 67.4 Å². The molecule has 1 rings (SSSR count). The fraction of sp³-hybridized carbons (Fsp3) is 0.385. The van der Waals surface area contributed by atoms with E-state index < -0.39 is 18.0 Å². The predicted octanol–water partition coefficient (Wildman–Crippen LogP) is 2.26. The molecule has 0 aliphatic heterocycles. The molecule has 0 heterocycles. The molecule has 6 heteroatoms. The van der Waals surface area contributed by atoms with Gasteiger partial charge >= 0.3 is 6.09 Å². The summed E-state index contributed by atoms with van der Waals surface area (Å²) >= 11 is 6.07. The van der Waals surface area contributed by atoms with Crippen molar-refractivity contribution in [2.75, 3.05) is 7.11 Å². The van der Waals surface area contributed by atoms with Crippen LogP contribution in [-0.4, -0.2) is 25.2 Å². The highest BCUT2D eigenvalue weighted by Crippen LogP contribution is 2.22. The molecule has 0 aromatic heterocycles. The number of hydrogen-bond donors (Lipinski definition) is 2. The van der Waals surface area contributed by atoms with E-state index >= 15 is 0 Å². The first kappa shape index (κ1) is 15.5. The van der Waals surface area contributed by atoms with Crippen LogP contribution >= 0.6 is 11.6 Å². The first-order valence-electron chi connectivity index (χ1n) is 5.85. The lowest BCUT2D eigenvalue weighted by Crippen LogP contribution is -2.45. The summed E-state index contributed by atoms with van der Waals surface area (Å²) in [5, 5.41) is 5.79. The van der Waals surface area contributed by atoms with Gasteiger partial charge < -0.3 is 4.74 Å². The number of ether oxygens (including phenoxy) is 1. The monoisotopic (exact) mass is 284 g/mol. The van der Waals surface area contributed by atoms with Crippen molar-refractivity contribution in [3.63, 3.8) is 0 Å². The van der Waals surface area contributed by atoms with Gasteiger partial charge in [0.2, 0.25) is 5.91 Å². The summed E-state index contributed by atoms with van der Waals surface area (Å²) in [6.45, 7) is 3.55. The van der Waals surface area contributed by atoms with Crippen molar-refractivity contribution in [1.82, 2.24) is 10.6 Å². The predicted molar refractivity (Wildman–Crippen MR) is 73.0 cm³/mol. The zero-order valence-electron chi connectivity index (χ0n) is 11.1. The third-order valence-electron chi connectivity index (χ3n) is 2.68. The largest absolute Gasteiger partial charge is 0.453 e. The Morgan fingerprint density at radius 2 is 1.89 bits per heavy atom. The minimum absolute atomic E-state index is 0.118. The van der Waals surface area contributed by atoms with Gasteiger partial charge in [-0.1, -0.05) is 29.8 Å². The molecule has 0 aliphatic rings. The van der Waals surface area contributed by atoms with Crippen LogP contribution in [0.15, 0.2) is 24.3 Å². The number of benzene rings is 1. The van der Waals surface area contributed by atoms with E-state index in [-0.39, 0.29) is 6.04 Å². The second-order valence-electron chi connectivity index (χ2n) is 4.11. The van der Waals surface area contributed by atoms with Crippen molar-refractivity contribution in [2.24, 2.45) is 0 Å². The average molecular weight is 285 g/mol. The normalized spacial score (nSPS) is 13.5. The molecule has 1 aromatic carbocycles. The number of hydrogen-bond acceptors (Lipinski definition) is 4. The molecule has 0 saturated heterocycles. The van der Waals surface area contributed by atoms with E-state index in [9.17, 15) is 9.59 Å². The van der Waals surface area contributed by atoms with Crippen LogP contribution in [0.5, 0.6) is 0 Å². The van der Waals surface area contributed by atoms with E-state index in [4.69, 9.17) is 11.6 Å². The number of carbonyl (C=O) groups excluding carboxylic acids is 2. The standard InChI is InChI=1S/C13H17ClN2O3/c1-8(10-6-4-5-7-11(10)14)15-9(2)12(17)16-13(18)19-3/h4-9,15H,1-3H3,(H,16,17,18)/t8-,9+/m0/s1. The summed E-state index contributed by atoms with van der Waals surface area (Å²) in [6.07, 6.45) is -0.774. The van der Waals surface area contributed by atoms with E-state index in [2.05, 4.69) is 15.4 Å². The highest BCUT2D eigenvalue weighted by atomic mass is 35.5. The second-order valence-corrected chi connectivity index (χ2v) is 4.52. The number of halogens is 1. The van der Waals surface area contributed by atoms with Gasteiger partial charge in [-0.15, -0.1) is 0 Å². The molecular weight excluding hydrogens is 268 g/mol. The van der Waals surface area contributed by atoms with Crippen molar-refractivity contribution < 1.29 is 14.3 Å². The quantitative estimate of drug-likeness (QED) is 0.890. The number of alkyl carbamates (subject to hydrolysis) is 1. The third kappa shape index (κ3) is 4.54. The number of nitrogens with one attached hydrogen (secondary N) is 2. The van der Waals surface area contributed by atoms with Crippen LogP contribution in [0.3, 0.4) is 0 Å². The Morgan fingerprint density at radius 1 is 1.26 bits per heavy atom. The van der Waals surface area contributed by atoms with Crippen LogP contribution in [0.25, 0.3) is 0 Å². The Hall–Kier alpha value is -1.59. The smallest absolute Gasteiger partial charge is 0.413 e. The Kier molecular flexibility index (Phi) is 5.79. The van der Waals surface area contributed by atoms with Crippen molar-refractivity contribution in [2.45, 2.75) is 25.9 Å². The number of rotatable bonds is 4. The minimum atomic E-state index is -0.774. The van der Waals surface area contributed by atoms with Crippen molar-refractivity contribution in [1.29, 1.82) is 0 Å². The Morgan fingerprint density at radius 3 is 2.47 bits per heavy atom. The van der Waals surface area contributed by atoms with Gasteiger partial charge in [0.15, 0.2) is 0 Å². The average Bonchev–Trinajstić information content (AvgIpc) is 2.38. The number of imide groups is 1. The first-order chi connectivity index (χ1) is 8.95. The van der Waals surface area contributed by atoms with Gasteiger partial charge in [0.1, 0.15) is 0 Å². The lowest BCUT2D eigenvalue weighted by Gasteiger charge is -2.20. The van der Waals surface area contributed by atoms with Gasteiger partial charge in [-0.05, 0) is 25.5 Å². The van der Waals surface area contributed by atoms with Crippen LogP contribution in [0.1, 0.15) is 25.5 Å². The second kappa shape index (κ2) is 7.11. The summed E-state index contributed by atoms with van der Waals surface area (Å²) in [6, 6.07) is 6.71. The summed E-state index contributed by atoms with van der Waals surface area (Å²) < 4.78 is 4.36. The highest BCUT2D eigenvalue weighted by Gasteiger charge is 2.19. The SMILES string of the molecule is COC(=O)NC(=O)[C@@H](C)N[C@@H](C)c1ccccc1Cl. The van der Waals surface area contributed by atoms with Gasteiger partial charge in [-0.25, -0.2) is 4.79 Å². The molecule has 2 amide bonds. The number of amides is 2. The van der Waals surface area contributed by atoms with E-state index in [0.29, 0.717) is 5.02 Å². The van der Waals surface area contributed by atoms with E-state index in [1.807, 2.05) is 25.1 Å². The van der Waals surface area contributed by atoms with Gasteiger partial charge in [0, 0.05) is 11.1 Å². The molecule has 0 saturated carbocycles. The Bertz CT molecular complexity index is 465. The van der Waals surface area contributed by atoms with Crippen LogP contribution in [0.4, 0.5) is 4.79 Å². The molecule has 0 radical (unpaired) electrons. The maximum atomic E-state index is 11.7. The summed E-state index contributed by atoms with van der Waals surface area (Å²) in [7, 11) is 1.20. The van der Waals surface area contributed by atoms with Gasteiger partial charge in [-0.2, -0.15) is 0 Å². The van der Waals surface area contributed by atoms with Crippen LogP contribution in [0.2, 0.25) is 5.02 Å². The van der Waals surface area contributed by atoms with Gasteiger partial charge in [0.25, 0.3) is 0 Å². The molecule has 19 heavy (non-hydrogen) atoms. The van der Waals surface area contributed by atoms with E-state index in [1.54, 1.807) is 13.0 Å². The van der Waals surface area contributed by atoms with Crippen molar-refractivity contribution in [3.05, 3.63) is 34.9 Å². The summed E-state index contributed by atoms with van der Waals surface area (Å²) in [4.78, 5) is 22.6. The highest BCUT2D eigenvalue weighted by molar-refractivity contribution is 6.31. The maximum absolute atomic E-state index is 11.7. The molecule has 104 valence electrons. The molecule has 0 unspecified atom stereocenters. The summed E-state index contributed by atoms with van der Waals surface area (Å²) in [5.74, 6) is -0.453. The zero-order valence-corrected chi connectivity index (χ0v) is 11.8. The van der Waals surface area contributed by atoms with Crippen molar-refractivity contribution >= 4 is 23.6 Å². The Balaban J connectivity index is 2.62. The lowest BCUT2D eigenvalue weighted by atomic mass is 10.1. The van der Waals surface area contributed by atoms with Crippen LogP contribution in [-0.2, 0) is 9.53 Å². The van der Waals surface area contributed by atoms with Crippen LogP contribution < -0.4 is 10.6 Å². The molecule has 5 nitrogen and oxygen atoms in total. The van der Waals surface area contributed by atoms with E-state index in [1.165, 1.54) is 7.11 Å². The molecule has 0 aliphatic carbocycles. The Labute approximate surface area is 117 Å². The lowest BCUT2D eigenvalue weighted by molar-refractivity contribution is -0.122. The molecule has 0 spiro atoms. The molecule has 0 fully saturated rings. The fourth-order valence-corrected chi connectivity index (χ4v) is 1.93. The van der Waals surface area contributed by atoms with E-state index in [0.717, 1.165) is 5.56 Å².